The first kappa shape index (κ1) is 13.1. The van der Waals surface area contributed by atoms with Crippen molar-refractivity contribution in [1.82, 2.24) is 0 Å². The van der Waals surface area contributed by atoms with Gasteiger partial charge < -0.3 is 5.73 Å². The Bertz CT molecular complexity index is 510. The van der Waals surface area contributed by atoms with Crippen LogP contribution in [-0.4, -0.2) is 6.54 Å². The van der Waals surface area contributed by atoms with E-state index in [0.717, 1.165) is 22.6 Å². The first-order chi connectivity index (χ1) is 8.70. The second-order valence-corrected chi connectivity index (χ2v) is 4.69. The molecule has 1 unspecified atom stereocenters. The van der Waals surface area contributed by atoms with Gasteiger partial charge in [-0.15, -0.1) is 0 Å². The molecule has 0 aromatic heterocycles. The lowest BCUT2D eigenvalue weighted by Gasteiger charge is -2.16. The van der Waals surface area contributed by atoms with E-state index in [0.29, 0.717) is 6.54 Å². The van der Waals surface area contributed by atoms with E-state index < -0.39 is 0 Å². The number of benzene rings is 2. The van der Waals surface area contributed by atoms with Crippen LogP contribution in [0.4, 0.5) is 4.39 Å². The molecule has 0 aliphatic heterocycles. The van der Waals surface area contributed by atoms with E-state index in [-0.39, 0.29) is 11.7 Å². The highest BCUT2D eigenvalue weighted by atomic mass is 35.5. The summed E-state index contributed by atoms with van der Waals surface area (Å²) in [5.74, 6) is -0.0649. The van der Waals surface area contributed by atoms with Crippen LogP contribution in [0.5, 0.6) is 0 Å². The van der Waals surface area contributed by atoms with Gasteiger partial charge in [-0.25, -0.2) is 4.39 Å². The third-order valence-corrected chi connectivity index (χ3v) is 3.37. The predicted molar refractivity (Wildman–Crippen MR) is 73.4 cm³/mol. The fraction of sp³-hybridized carbons (Fsp3) is 0.200. The minimum absolute atomic E-state index is 0.157. The minimum Gasteiger partial charge on any atom is -0.330 e. The van der Waals surface area contributed by atoms with Crippen LogP contribution in [-0.2, 0) is 6.42 Å². The Labute approximate surface area is 111 Å². The van der Waals surface area contributed by atoms with E-state index >= 15 is 0 Å². The van der Waals surface area contributed by atoms with Crippen molar-refractivity contribution in [2.45, 2.75) is 12.3 Å². The van der Waals surface area contributed by atoms with Crippen molar-refractivity contribution < 1.29 is 4.39 Å². The Kier molecular flexibility index (Phi) is 4.34. The van der Waals surface area contributed by atoms with Crippen LogP contribution in [0.15, 0.2) is 48.5 Å². The van der Waals surface area contributed by atoms with Gasteiger partial charge in [0.1, 0.15) is 5.82 Å². The van der Waals surface area contributed by atoms with Crippen LogP contribution in [0, 0.1) is 5.82 Å². The monoisotopic (exact) mass is 263 g/mol. The van der Waals surface area contributed by atoms with Gasteiger partial charge in [-0.3, -0.25) is 0 Å². The molecule has 0 fully saturated rings. The molecule has 94 valence electrons. The number of nitrogens with two attached hydrogens (primary N) is 1. The molecule has 2 N–H and O–H groups in total. The van der Waals surface area contributed by atoms with Gasteiger partial charge >= 0.3 is 0 Å². The van der Waals surface area contributed by atoms with Crippen molar-refractivity contribution in [1.29, 1.82) is 0 Å². The Morgan fingerprint density at radius 1 is 1.06 bits per heavy atom. The third-order valence-electron chi connectivity index (χ3n) is 3.02. The standard InChI is InChI=1S/C15H15ClFN/c16-15-4-2-1-3-14(15)12(10-18)9-11-5-7-13(17)8-6-11/h1-8,12H,9-10,18H2. The Hall–Kier alpha value is -1.38. The summed E-state index contributed by atoms with van der Waals surface area (Å²) in [5.41, 5.74) is 7.93. The van der Waals surface area contributed by atoms with Crippen LogP contribution < -0.4 is 5.73 Å². The largest absolute Gasteiger partial charge is 0.330 e. The van der Waals surface area contributed by atoms with Crippen molar-refractivity contribution in [3.8, 4) is 0 Å². The summed E-state index contributed by atoms with van der Waals surface area (Å²) in [6.07, 6.45) is 0.764. The Balaban J connectivity index is 2.20. The van der Waals surface area contributed by atoms with Crippen molar-refractivity contribution in [3.63, 3.8) is 0 Å². The lowest BCUT2D eigenvalue weighted by Crippen LogP contribution is -2.15. The molecule has 0 spiro atoms. The molecule has 1 nitrogen and oxygen atoms in total. The fourth-order valence-corrected chi connectivity index (χ4v) is 2.32. The zero-order valence-corrected chi connectivity index (χ0v) is 10.7. The molecule has 0 aliphatic rings. The van der Waals surface area contributed by atoms with E-state index in [1.54, 1.807) is 12.1 Å². The summed E-state index contributed by atoms with van der Waals surface area (Å²) in [4.78, 5) is 0. The SMILES string of the molecule is NCC(Cc1ccc(F)cc1)c1ccccc1Cl. The number of rotatable bonds is 4. The van der Waals surface area contributed by atoms with E-state index in [4.69, 9.17) is 17.3 Å². The summed E-state index contributed by atoms with van der Waals surface area (Å²) < 4.78 is 12.8. The zero-order chi connectivity index (χ0) is 13.0. The maximum absolute atomic E-state index is 12.8. The van der Waals surface area contributed by atoms with E-state index in [1.165, 1.54) is 12.1 Å². The van der Waals surface area contributed by atoms with Gasteiger partial charge in [0, 0.05) is 10.9 Å². The van der Waals surface area contributed by atoms with Gasteiger partial charge in [0.15, 0.2) is 0 Å². The molecule has 0 amide bonds. The molecule has 2 aromatic carbocycles. The Morgan fingerprint density at radius 3 is 2.33 bits per heavy atom. The van der Waals surface area contributed by atoms with Crippen molar-refractivity contribution in [3.05, 3.63) is 70.5 Å². The van der Waals surface area contributed by atoms with Crippen molar-refractivity contribution in [2.24, 2.45) is 5.73 Å². The van der Waals surface area contributed by atoms with Gasteiger partial charge in [0.2, 0.25) is 0 Å². The zero-order valence-electron chi connectivity index (χ0n) is 9.94. The molecule has 0 radical (unpaired) electrons. The first-order valence-corrected chi connectivity index (χ1v) is 6.27. The van der Waals surface area contributed by atoms with Crippen LogP contribution in [0.1, 0.15) is 17.0 Å². The van der Waals surface area contributed by atoms with Crippen LogP contribution in [0.3, 0.4) is 0 Å². The molecular formula is C15H15ClFN. The van der Waals surface area contributed by atoms with E-state index in [2.05, 4.69) is 0 Å². The van der Waals surface area contributed by atoms with Gasteiger partial charge in [0.05, 0.1) is 0 Å². The highest BCUT2D eigenvalue weighted by Crippen LogP contribution is 2.26. The first-order valence-electron chi connectivity index (χ1n) is 5.89. The number of hydrogen-bond acceptors (Lipinski definition) is 1. The van der Waals surface area contributed by atoms with Crippen LogP contribution in [0.2, 0.25) is 5.02 Å². The molecule has 18 heavy (non-hydrogen) atoms. The molecule has 1 atom stereocenters. The Morgan fingerprint density at radius 2 is 1.72 bits per heavy atom. The highest BCUT2D eigenvalue weighted by Gasteiger charge is 2.13. The number of hydrogen-bond donors (Lipinski definition) is 1. The lowest BCUT2D eigenvalue weighted by atomic mass is 9.92. The molecule has 3 heteroatoms. The predicted octanol–water partition coefficient (Wildman–Crippen LogP) is 3.76. The molecule has 0 heterocycles. The normalized spacial score (nSPS) is 12.4. The number of halogens is 2. The van der Waals surface area contributed by atoms with Crippen molar-refractivity contribution >= 4 is 11.6 Å². The van der Waals surface area contributed by atoms with E-state index in [9.17, 15) is 4.39 Å². The molecule has 0 saturated carbocycles. The molecule has 2 rings (SSSR count). The highest BCUT2D eigenvalue weighted by molar-refractivity contribution is 6.31. The molecule has 0 aliphatic carbocycles. The van der Waals surface area contributed by atoms with Gasteiger partial charge in [-0.1, -0.05) is 41.9 Å². The molecule has 0 bridgehead atoms. The van der Waals surface area contributed by atoms with Gasteiger partial charge in [-0.05, 0) is 42.3 Å². The van der Waals surface area contributed by atoms with Crippen LogP contribution >= 0.6 is 11.6 Å². The summed E-state index contributed by atoms with van der Waals surface area (Å²) >= 11 is 6.17. The average molecular weight is 264 g/mol. The second-order valence-electron chi connectivity index (χ2n) is 4.28. The summed E-state index contributed by atoms with van der Waals surface area (Å²) in [6.45, 7) is 0.515. The fourth-order valence-electron chi connectivity index (χ4n) is 2.03. The molecule has 0 saturated heterocycles. The summed E-state index contributed by atoms with van der Waals surface area (Å²) in [7, 11) is 0. The topological polar surface area (TPSA) is 26.0 Å². The van der Waals surface area contributed by atoms with Crippen molar-refractivity contribution in [2.75, 3.05) is 6.54 Å². The second kappa shape index (κ2) is 5.98. The molecule has 2 aromatic rings. The lowest BCUT2D eigenvalue weighted by molar-refractivity contribution is 0.625. The maximum Gasteiger partial charge on any atom is 0.123 e. The van der Waals surface area contributed by atoms with Gasteiger partial charge in [-0.2, -0.15) is 0 Å². The smallest absolute Gasteiger partial charge is 0.123 e. The van der Waals surface area contributed by atoms with E-state index in [1.807, 2.05) is 24.3 Å². The molecular weight excluding hydrogens is 249 g/mol. The average Bonchev–Trinajstić information content (AvgIpc) is 2.39. The summed E-state index contributed by atoms with van der Waals surface area (Å²) in [6, 6.07) is 14.2. The van der Waals surface area contributed by atoms with Gasteiger partial charge in [0.25, 0.3) is 0 Å². The maximum atomic E-state index is 12.8. The third kappa shape index (κ3) is 3.09. The quantitative estimate of drug-likeness (QED) is 0.893. The summed E-state index contributed by atoms with van der Waals surface area (Å²) in [5, 5.41) is 0.732. The van der Waals surface area contributed by atoms with Crippen LogP contribution in [0.25, 0.3) is 0 Å². The minimum atomic E-state index is -0.221.